The largest absolute Gasteiger partial charge is 0.377 e. The lowest BCUT2D eigenvalue weighted by Crippen LogP contribution is -2.49. The zero-order chi connectivity index (χ0) is 15.5. The monoisotopic (exact) mass is 306 g/mol. The van der Waals surface area contributed by atoms with Gasteiger partial charge in [0, 0.05) is 18.5 Å². The lowest BCUT2D eigenvalue weighted by atomic mass is 9.80. The third-order valence-electron chi connectivity index (χ3n) is 5.15. The molecule has 3 rings (SSSR count). The van der Waals surface area contributed by atoms with E-state index in [0.29, 0.717) is 26.1 Å². The highest BCUT2D eigenvalue weighted by molar-refractivity contribution is 5.77. The molecular weight excluding hydrogens is 280 g/mol. The minimum absolute atomic E-state index is 0.243. The van der Waals surface area contributed by atoms with Gasteiger partial charge in [-0.15, -0.1) is 0 Å². The number of nitrogens with zero attached hydrogens (tertiary/aromatic N) is 2. The van der Waals surface area contributed by atoms with Crippen LogP contribution in [0.3, 0.4) is 0 Å². The van der Waals surface area contributed by atoms with E-state index in [1.54, 1.807) is 0 Å². The van der Waals surface area contributed by atoms with E-state index in [-0.39, 0.29) is 11.9 Å². The van der Waals surface area contributed by atoms with E-state index >= 15 is 0 Å². The Morgan fingerprint density at radius 2 is 2.18 bits per heavy atom. The van der Waals surface area contributed by atoms with Gasteiger partial charge in [0.05, 0.1) is 24.9 Å². The first-order valence-corrected chi connectivity index (χ1v) is 8.44. The van der Waals surface area contributed by atoms with Gasteiger partial charge in [0.25, 0.3) is 0 Å². The van der Waals surface area contributed by atoms with Gasteiger partial charge in [-0.3, -0.25) is 4.79 Å². The Hall–Kier alpha value is -1.36. The van der Waals surface area contributed by atoms with E-state index < -0.39 is 0 Å². The number of hydrogen-bond donors (Lipinski definition) is 0. The third kappa shape index (κ3) is 3.35. The van der Waals surface area contributed by atoms with E-state index in [1.807, 2.05) is 13.8 Å². The summed E-state index contributed by atoms with van der Waals surface area (Å²) in [6.07, 6.45) is 6.34. The van der Waals surface area contributed by atoms with Gasteiger partial charge in [0.15, 0.2) is 0 Å². The maximum absolute atomic E-state index is 12.6. The lowest BCUT2D eigenvalue weighted by molar-refractivity contribution is -0.140. The van der Waals surface area contributed by atoms with E-state index in [4.69, 9.17) is 9.26 Å². The van der Waals surface area contributed by atoms with Crippen molar-refractivity contribution in [3.05, 3.63) is 17.0 Å². The lowest BCUT2D eigenvalue weighted by Gasteiger charge is -2.39. The number of carbonyl (C=O) groups is 1. The van der Waals surface area contributed by atoms with Crippen LogP contribution in [0.15, 0.2) is 4.52 Å². The number of morpholine rings is 1. The van der Waals surface area contributed by atoms with Crippen LogP contribution in [-0.2, 0) is 16.0 Å². The molecule has 1 unspecified atom stereocenters. The average molecular weight is 306 g/mol. The Kier molecular flexibility index (Phi) is 4.81. The molecule has 0 spiro atoms. The Balaban J connectivity index is 1.57. The molecule has 1 atom stereocenters. The third-order valence-corrected chi connectivity index (χ3v) is 5.15. The Labute approximate surface area is 132 Å². The highest BCUT2D eigenvalue weighted by Crippen LogP contribution is 2.32. The van der Waals surface area contributed by atoms with Crippen LogP contribution in [0, 0.1) is 19.8 Å². The van der Waals surface area contributed by atoms with E-state index in [1.165, 1.54) is 19.3 Å². The molecule has 122 valence electrons. The molecule has 5 nitrogen and oxygen atoms in total. The van der Waals surface area contributed by atoms with Crippen LogP contribution in [0.1, 0.15) is 49.1 Å². The van der Waals surface area contributed by atoms with Crippen LogP contribution in [0.2, 0.25) is 0 Å². The number of amides is 1. The van der Waals surface area contributed by atoms with Crippen molar-refractivity contribution in [2.75, 3.05) is 19.8 Å². The number of carbonyl (C=O) groups excluding carboxylic acids is 1. The van der Waals surface area contributed by atoms with Crippen molar-refractivity contribution in [3.8, 4) is 0 Å². The summed E-state index contributed by atoms with van der Waals surface area (Å²) in [5.41, 5.74) is 1.98. The van der Waals surface area contributed by atoms with Crippen LogP contribution in [-0.4, -0.2) is 41.8 Å². The molecule has 1 aromatic heterocycles. The molecule has 2 heterocycles. The molecule has 0 bridgehead atoms. The zero-order valence-corrected chi connectivity index (χ0v) is 13.6. The smallest absolute Gasteiger partial charge is 0.223 e. The number of hydrogen-bond acceptors (Lipinski definition) is 4. The molecule has 1 aliphatic carbocycles. The van der Waals surface area contributed by atoms with Crippen LogP contribution >= 0.6 is 0 Å². The molecule has 22 heavy (non-hydrogen) atoms. The van der Waals surface area contributed by atoms with Gasteiger partial charge in [-0.05, 0) is 32.6 Å². The molecule has 2 fully saturated rings. The molecule has 1 aromatic rings. The Morgan fingerprint density at radius 3 is 2.82 bits per heavy atom. The standard InChI is InChI=1S/C17H26N2O3/c1-12-16(13(2)22-18-12)6-7-17(20)19-8-9-21-11-15(19)10-14-4-3-5-14/h14-15H,3-11H2,1-2H3. The molecule has 0 radical (unpaired) electrons. The van der Waals surface area contributed by atoms with Gasteiger partial charge in [0.2, 0.25) is 5.91 Å². The van der Waals surface area contributed by atoms with Gasteiger partial charge >= 0.3 is 0 Å². The molecular formula is C17H26N2O3. The molecule has 0 aromatic carbocycles. The van der Waals surface area contributed by atoms with Crippen molar-refractivity contribution in [3.63, 3.8) is 0 Å². The van der Waals surface area contributed by atoms with Crippen molar-refractivity contribution >= 4 is 5.91 Å². The van der Waals surface area contributed by atoms with Gasteiger partial charge in [-0.1, -0.05) is 24.4 Å². The van der Waals surface area contributed by atoms with Crippen LogP contribution in [0.25, 0.3) is 0 Å². The van der Waals surface area contributed by atoms with Gasteiger partial charge in [0.1, 0.15) is 5.76 Å². The SMILES string of the molecule is Cc1noc(C)c1CCC(=O)N1CCOCC1CC1CCC1. The summed E-state index contributed by atoms with van der Waals surface area (Å²) in [6.45, 7) is 5.95. The van der Waals surface area contributed by atoms with Crippen LogP contribution in [0.5, 0.6) is 0 Å². The van der Waals surface area contributed by atoms with E-state index in [0.717, 1.165) is 35.9 Å². The Morgan fingerprint density at radius 1 is 1.36 bits per heavy atom. The van der Waals surface area contributed by atoms with Crippen molar-refractivity contribution in [1.82, 2.24) is 10.1 Å². The molecule has 0 N–H and O–H groups in total. The highest BCUT2D eigenvalue weighted by atomic mass is 16.5. The van der Waals surface area contributed by atoms with Gasteiger partial charge in [-0.2, -0.15) is 0 Å². The van der Waals surface area contributed by atoms with Crippen molar-refractivity contribution in [2.24, 2.45) is 5.92 Å². The maximum atomic E-state index is 12.6. The molecule has 1 aliphatic heterocycles. The second kappa shape index (κ2) is 6.82. The fraction of sp³-hybridized carbons (Fsp3) is 0.765. The second-order valence-electron chi connectivity index (χ2n) is 6.65. The number of aryl methyl sites for hydroxylation is 2. The minimum Gasteiger partial charge on any atom is -0.377 e. The first-order valence-electron chi connectivity index (χ1n) is 8.44. The maximum Gasteiger partial charge on any atom is 0.223 e. The van der Waals surface area contributed by atoms with Gasteiger partial charge < -0.3 is 14.2 Å². The van der Waals surface area contributed by atoms with Crippen molar-refractivity contribution in [1.29, 1.82) is 0 Å². The predicted molar refractivity (Wildman–Crippen MR) is 82.6 cm³/mol. The molecule has 5 heteroatoms. The van der Waals surface area contributed by atoms with Gasteiger partial charge in [-0.25, -0.2) is 0 Å². The number of rotatable bonds is 5. The summed E-state index contributed by atoms with van der Waals surface area (Å²) in [5.74, 6) is 1.87. The quantitative estimate of drug-likeness (QED) is 0.839. The summed E-state index contributed by atoms with van der Waals surface area (Å²) >= 11 is 0. The fourth-order valence-electron chi connectivity index (χ4n) is 3.53. The topological polar surface area (TPSA) is 55.6 Å². The highest BCUT2D eigenvalue weighted by Gasteiger charge is 2.31. The summed E-state index contributed by atoms with van der Waals surface area (Å²) in [7, 11) is 0. The molecule has 2 aliphatic rings. The fourth-order valence-corrected chi connectivity index (χ4v) is 3.53. The summed E-state index contributed by atoms with van der Waals surface area (Å²) in [4.78, 5) is 14.7. The summed E-state index contributed by atoms with van der Waals surface area (Å²) < 4.78 is 10.8. The average Bonchev–Trinajstić information content (AvgIpc) is 2.80. The van der Waals surface area contributed by atoms with Crippen LogP contribution < -0.4 is 0 Å². The molecule has 1 saturated heterocycles. The van der Waals surface area contributed by atoms with E-state index in [2.05, 4.69) is 10.1 Å². The van der Waals surface area contributed by atoms with Crippen molar-refractivity contribution < 1.29 is 14.1 Å². The predicted octanol–water partition coefficient (Wildman–Crippen LogP) is 2.64. The Bertz CT molecular complexity index is 502. The first kappa shape index (κ1) is 15.5. The molecule has 1 saturated carbocycles. The van der Waals surface area contributed by atoms with E-state index in [9.17, 15) is 4.79 Å². The molecule has 1 amide bonds. The normalized spacial score (nSPS) is 22.6. The zero-order valence-electron chi connectivity index (χ0n) is 13.6. The second-order valence-corrected chi connectivity index (χ2v) is 6.65. The number of aromatic nitrogens is 1. The van der Waals surface area contributed by atoms with Crippen LogP contribution in [0.4, 0.5) is 0 Å². The number of ether oxygens (including phenoxy) is 1. The first-order chi connectivity index (χ1) is 10.6. The summed E-state index contributed by atoms with van der Waals surface area (Å²) in [5, 5.41) is 3.96. The minimum atomic E-state index is 0.243. The summed E-state index contributed by atoms with van der Waals surface area (Å²) in [6, 6.07) is 0.274. The van der Waals surface area contributed by atoms with Crippen molar-refractivity contribution in [2.45, 2.75) is 58.4 Å².